The van der Waals surface area contributed by atoms with Gasteiger partial charge >= 0.3 is 0 Å². The van der Waals surface area contributed by atoms with Crippen molar-refractivity contribution in [2.24, 2.45) is 4.36 Å². The average molecular weight is 350 g/mol. The number of rotatable bonds is 5. The molecule has 1 aromatic carbocycles. The smallest absolute Gasteiger partial charge is 0.0468 e. The van der Waals surface area contributed by atoms with Crippen molar-refractivity contribution < 1.29 is 0 Å². The zero-order chi connectivity index (χ0) is 16.2. The summed E-state index contributed by atoms with van der Waals surface area (Å²) in [6, 6.07) is 9.66. The Morgan fingerprint density at radius 2 is 1.96 bits per heavy atom. The van der Waals surface area contributed by atoms with Crippen LogP contribution in [0.4, 0.5) is 0 Å². The van der Waals surface area contributed by atoms with E-state index in [0.717, 1.165) is 13.1 Å². The van der Waals surface area contributed by atoms with Gasteiger partial charge in [-0.05, 0) is 66.0 Å². The lowest BCUT2D eigenvalue weighted by Gasteiger charge is -2.36. The highest BCUT2D eigenvalue weighted by atomic mass is 33.1. The number of hydrogen-bond donors (Lipinski definition) is 0. The van der Waals surface area contributed by atoms with Gasteiger partial charge in [0.2, 0.25) is 0 Å². The fourth-order valence-corrected chi connectivity index (χ4v) is 5.75. The first kappa shape index (κ1) is 17.2. The van der Waals surface area contributed by atoms with E-state index in [0.29, 0.717) is 6.04 Å². The molecule has 0 amide bonds. The molecule has 2 heterocycles. The second kappa shape index (κ2) is 7.97. The molecular weight excluding hydrogens is 322 g/mol. The van der Waals surface area contributed by atoms with Gasteiger partial charge in [0.25, 0.3) is 0 Å². The van der Waals surface area contributed by atoms with E-state index in [1.54, 1.807) is 0 Å². The average Bonchev–Trinajstić information content (AvgIpc) is 2.95. The van der Waals surface area contributed by atoms with Gasteiger partial charge in [0.15, 0.2) is 0 Å². The van der Waals surface area contributed by atoms with Crippen molar-refractivity contribution in [2.45, 2.75) is 32.4 Å². The van der Waals surface area contributed by atoms with E-state index in [9.17, 15) is 0 Å². The van der Waals surface area contributed by atoms with Crippen LogP contribution in [0.3, 0.4) is 0 Å². The van der Waals surface area contributed by atoms with E-state index < -0.39 is 0 Å². The summed E-state index contributed by atoms with van der Waals surface area (Å²) in [4.78, 5) is 6.57. The molecule has 0 bridgehead atoms. The molecule has 1 unspecified atom stereocenters. The number of piperidine rings is 1. The van der Waals surface area contributed by atoms with Gasteiger partial charge in [0, 0.05) is 36.5 Å². The normalized spacial score (nSPS) is 23.1. The molecule has 0 N–H and O–H groups in total. The highest BCUT2D eigenvalue weighted by Gasteiger charge is 2.23. The molecule has 0 radical (unpaired) electrons. The van der Waals surface area contributed by atoms with Crippen LogP contribution in [0.15, 0.2) is 39.7 Å². The number of nitrogens with zero attached hydrogens (tertiary/aromatic N) is 3. The van der Waals surface area contributed by atoms with Crippen LogP contribution in [0.25, 0.3) is 0 Å². The predicted octanol–water partition coefficient (Wildman–Crippen LogP) is 3.83. The quantitative estimate of drug-likeness (QED) is 0.753. The predicted molar refractivity (Wildman–Crippen MR) is 103 cm³/mol. The molecule has 5 heteroatoms. The summed E-state index contributed by atoms with van der Waals surface area (Å²) in [7, 11) is 4.38. The molecule has 1 saturated heterocycles. The van der Waals surface area contributed by atoms with Crippen molar-refractivity contribution in [3.63, 3.8) is 0 Å². The first-order chi connectivity index (χ1) is 11.1. The maximum Gasteiger partial charge on any atom is 0.0468 e. The SMILES string of the molecule is Cc1ccc(CN(C)C2CCN(CC3=CN=S(C)S3)CC2)cc1. The second-order valence-electron chi connectivity index (χ2n) is 6.62. The molecule has 2 aliphatic rings. The van der Waals surface area contributed by atoms with Crippen LogP contribution in [0.1, 0.15) is 24.0 Å². The maximum absolute atomic E-state index is 4.47. The van der Waals surface area contributed by atoms with Gasteiger partial charge in [0.05, 0.1) is 0 Å². The van der Waals surface area contributed by atoms with Crippen LogP contribution >= 0.6 is 10.8 Å². The Kier molecular flexibility index (Phi) is 5.96. The van der Waals surface area contributed by atoms with Crippen molar-refractivity contribution in [3.05, 3.63) is 46.5 Å². The molecule has 0 aliphatic carbocycles. The summed E-state index contributed by atoms with van der Waals surface area (Å²) in [5.74, 6) is 0. The van der Waals surface area contributed by atoms with Crippen LogP contribution in [0.5, 0.6) is 0 Å². The van der Waals surface area contributed by atoms with Crippen LogP contribution < -0.4 is 0 Å². The summed E-state index contributed by atoms with van der Waals surface area (Å²) in [6.07, 6.45) is 6.83. The van der Waals surface area contributed by atoms with E-state index in [1.165, 1.54) is 42.0 Å². The van der Waals surface area contributed by atoms with Gasteiger partial charge in [-0.25, -0.2) is 4.36 Å². The summed E-state index contributed by atoms with van der Waals surface area (Å²) in [5, 5.41) is 0. The molecular formula is C18H27N3S2. The molecule has 1 aromatic rings. The molecule has 2 aliphatic heterocycles. The Balaban J connectivity index is 1.44. The Hall–Kier alpha value is -0.620. The van der Waals surface area contributed by atoms with Crippen LogP contribution in [0, 0.1) is 6.92 Å². The van der Waals surface area contributed by atoms with E-state index in [2.05, 4.69) is 64.9 Å². The Labute approximate surface area is 146 Å². The van der Waals surface area contributed by atoms with Crippen LogP contribution in [-0.2, 0) is 16.3 Å². The Bertz CT molecular complexity index is 587. The molecule has 0 spiro atoms. The van der Waals surface area contributed by atoms with Crippen molar-refractivity contribution in [3.8, 4) is 0 Å². The van der Waals surface area contributed by atoms with Crippen molar-refractivity contribution >= 4 is 20.5 Å². The zero-order valence-corrected chi connectivity index (χ0v) is 16.0. The van der Waals surface area contributed by atoms with Gasteiger partial charge in [-0.2, -0.15) is 0 Å². The van der Waals surface area contributed by atoms with Crippen LogP contribution in [-0.4, -0.2) is 48.8 Å². The number of aryl methyl sites for hydroxylation is 1. The molecule has 23 heavy (non-hydrogen) atoms. The molecule has 126 valence electrons. The highest BCUT2D eigenvalue weighted by molar-refractivity contribution is 8.71. The molecule has 0 saturated carbocycles. The molecule has 1 atom stereocenters. The van der Waals surface area contributed by atoms with E-state index in [1.807, 2.05) is 10.8 Å². The zero-order valence-electron chi connectivity index (χ0n) is 14.4. The lowest BCUT2D eigenvalue weighted by molar-refractivity contribution is 0.130. The second-order valence-corrected chi connectivity index (χ2v) is 10.3. The van der Waals surface area contributed by atoms with Gasteiger partial charge in [-0.3, -0.25) is 9.80 Å². The Morgan fingerprint density at radius 1 is 1.26 bits per heavy atom. The summed E-state index contributed by atoms with van der Waals surface area (Å²) in [5.41, 5.74) is 2.76. The summed E-state index contributed by atoms with van der Waals surface area (Å²) < 4.78 is 4.47. The van der Waals surface area contributed by atoms with E-state index in [-0.39, 0.29) is 9.72 Å². The minimum Gasteiger partial charge on any atom is -0.299 e. The summed E-state index contributed by atoms with van der Waals surface area (Å²) >= 11 is 0. The number of hydrogen-bond acceptors (Lipinski definition) is 4. The molecule has 1 fully saturated rings. The highest BCUT2D eigenvalue weighted by Crippen LogP contribution is 2.28. The van der Waals surface area contributed by atoms with Crippen molar-refractivity contribution in [2.75, 3.05) is 32.9 Å². The lowest BCUT2D eigenvalue weighted by atomic mass is 10.0. The number of benzene rings is 1. The minimum atomic E-state index is 0.168. The monoisotopic (exact) mass is 349 g/mol. The standard InChI is InChI=1S/C18H27N3S2/c1-15-4-6-16(7-5-15)13-20(2)17-8-10-21(11-9-17)14-18-12-19-23(3)22-18/h4-7,12,17H,8-11,13-14H2,1-3H3. The lowest BCUT2D eigenvalue weighted by Crippen LogP contribution is -2.43. The third kappa shape index (κ3) is 4.92. The van der Waals surface area contributed by atoms with E-state index >= 15 is 0 Å². The van der Waals surface area contributed by atoms with Crippen molar-refractivity contribution in [1.82, 2.24) is 9.80 Å². The minimum absolute atomic E-state index is 0.168. The molecule has 3 rings (SSSR count). The third-order valence-electron chi connectivity index (χ3n) is 4.69. The van der Waals surface area contributed by atoms with Gasteiger partial charge in [0.1, 0.15) is 0 Å². The summed E-state index contributed by atoms with van der Waals surface area (Å²) in [6.45, 7) is 6.72. The fraction of sp³-hybridized carbons (Fsp3) is 0.556. The first-order valence-electron chi connectivity index (χ1n) is 8.32. The third-order valence-corrected chi connectivity index (χ3v) is 7.40. The molecule has 0 aromatic heterocycles. The molecule has 3 nitrogen and oxygen atoms in total. The van der Waals surface area contributed by atoms with Gasteiger partial charge < -0.3 is 0 Å². The largest absolute Gasteiger partial charge is 0.299 e. The Morgan fingerprint density at radius 3 is 2.57 bits per heavy atom. The number of likely N-dealkylation sites (tertiary alicyclic amines) is 1. The van der Waals surface area contributed by atoms with Gasteiger partial charge in [-0.1, -0.05) is 29.8 Å². The fourth-order valence-electron chi connectivity index (χ4n) is 3.25. The first-order valence-corrected chi connectivity index (χ1v) is 11.2. The topological polar surface area (TPSA) is 18.8 Å². The van der Waals surface area contributed by atoms with Gasteiger partial charge in [-0.15, -0.1) is 0 Å². The van der Waals surface area contributed by atoms with E-state index in [4.69, 9.17) is 0 Å². The van der Waals surface area contributed by atoms with Crippen LogP contribution in [0.2, 0.25) is 0 Å². The van der Waals surface area contributed by atoms with Crippen molar-refractivity contribution in [1.29, 1.82) is 0 Å². The maximum atomic E-state index is 4.47.